The Bertz CT molecular complexity index is 622. The largest absolute Gasteiger partial charge is 0.468 e. The number of amides is 1. The molecule has 0 saturated carbocycles. The van der Waals surface area contributed by atoms with Crippen LogP contribution < -0.4 is 0 Å². The lowest BCUT2D eigenvalue weighted by atomic mass is 9.99. The average molecular weight is 376 g/mol. The van der Waals surface area contributed by atoms with E-state index < -0.39 is 0 Å². The highest BCUT2D eigenvalue weighted by Crippen LogP contribution is 2.24. The second kappa shape index (κ2) is 9.97. The van der Waals surface area contributed by atoms with Gasteiger partial charge in [0.15, 0.2) is 0 Å². The van der Waals surface area contributed by atoms with E-state index in [1.54, 1.807) is 18.0 Å². The summed E-state index contributed by atoms with van der Waals surface area (Å²) in [5, 5.41) is 0. The van der Waals surface area contributed by atoms with Crippen molar-refractivity contribution in [1.82, 2.24) is 4.90 Å². The molecule has 0 unspecified atom stereocenters. The van der Waals surface area contributed by atoms with E-state index in [0.29, 0.717) is 11.7 Å². The minimum absolute atomic E-state index is 0.294. The van der Waals surface area contributed by atoms with E-state index in [9.17, 15) is 4.79 Å². The molecule has 1 aliphatic heterocycles. The molecule has 0 spiro atoms. The summed E-state index contributed by atoms with van der Waals surface area (Å²) in [6.07, 6.45) is 3.98. The number of rotatable bonds is 8. The molecule has 134 valence electrons. The number of nitrogens with zero attached hydrogens (tertiary/aromatic N) is 1. The Morgan fingerprint density at radius 1 is 1.04 bits per heavy atom. The number of benzene rings is 1. The first-order valence-electron chi connectivity index (χ1n) is 8.81. The summed E-state index contributed by atoms with van der Waals surface area (Å²) in [6.45, 7) is 1.83. The van der Waals surface area contributed by atoms with E-state index in [0.717, 1.165) is 54.9 Å². The Kier molecular flexibility index (Phi) is 7.37. The summed E-state index contributed by atoms with van der Waals surface area (Å²) in [5.74, 6) is 5.67. The topological polar surface area (TPSA) is 33.5 Å². The minimum atomic E-state index is 0.294. The van der Waals surface area contributed by atoms with E-state index in [1.807, 2.05) is 47.0 Å². The second-order valence-electron chi connectivity index (χ2n) is 6.40. The molecule has 0 N–H and O–H groups in total. The van der Waals surface area contributed by atoms with Crippen LogP contribution in [0.5, 0.6) is 0 Å². The first kappa shape index (κ1) is 18.5. The molecule has 5 heteroatoms. The number of carbonyl (C=O) groups is 1. The number of furan rings is 1. The van der Waals surface area contributed by atoms with Crippen LogP contribution in [-0.4, -0.2) is 35.4 Å². The molecule has 25 heavy (non-hydrogen) atoms. The molecule has 1 amide bonds. The van der Waals surface area contributed by atoms with Crippen LogP contribution in [-0.2, 0) is 16.3 Å². The number of thioether (sulfide) groups is 2. The van der Waals surface area contributed by atoms with Gasteiger partial charge in [0.25, 0.3) is 0 Å². The van der Waals surface area contributed by atoms with Gasteiger partial charge in [-0.1, -0.05) is 30.3 Å². The Morgan fingerprint density at radius 3 is 2.56 bits per heavy atom. The smallest absolute Gasteiger partial charge is 0.232 e. The maximum absolute atomic E-state index is 12.4. The summed E-state index contributed by atoms with van der Waals surface area (Å²) in [6, 6.07) is 14.3. The summed E-state index contributed by atoms with van der Waals surface area (Å²) >= 11 is 3.65. The molecular weight excluding hydrogens is 350 g/mol. The van der Waals surface area contributed by atoms with Crippen molar-refractivity contribution in [2.24, 2.45) is 5.92 Å². The van der Waals surface area contributed by atoms with Crippen molar-refractivity contribution in [1.29, 1.82) is 0 Å². The molecule has 3 nitrogen and oxygen atoms in total. The molecule has 0 bridgehead atoms. The van der Waals surface area contributed by atoms with Gasteiger partial charge in [-0.25, -0.2) is 0 Å². The van der Waals surface area contributed by atoms with Crippen LogP contribution in [0.15, 0.2) is 53.1 Å². The molecule has 1 aromatic carbocycles. The fourth-order valence-electron chi connectivity index (χ4n) is 2.99. The van der Waals surface area contributed by atoms with Crippen molar-refractivity contribution in [2.45, 2.75) is 24.3 Å². The van der Waals surface area contributed by atoms with Crippen molar-refractivity contribution in [2.75, 3.05) is 24.6 Å². The summed E-state index contributed by atoms with van der Waals surface area (Å²) < 4.78 is 5.36. The summed E-state index contributed by atoms with van der Waals surface area (Å²) in [4.78, 5) is 14.4. The van der Waals surface area contributed by atoms with E-state index in [-0.39, 0.29) is 0 Å². The molecule has 1 aromatic heterocycles. The normalized spacial score (nSPS) is 15.4. The Morgan fingerprint density at radius 2 is 1.84 bits per heavy atom. The van der Waals surface area contributed by atoms with E-state index in [2.05, 4.69) is 12.1 Å². The molecule has 1 saturated heterocycles. The lowest BCUT2D eigenvalue weighted by molar-refractivity contribution is -0.129. The highest BCUT2D eigenvalue weighted by Gasteiger charge is 2.22. The fraction of sp³-hybridized carbons (Fsp3) is 0.450. The van der Waals surface area contributed by atoms with Crippen LogP contribution in [0.2, 0.25) is 0 Å². The highest BCUT2D eigenvalue weighted by molar-refractivity contribution is 7.99. The molecule has 2 heterocycles. The van der Waals surface area contributed by atoms with Crippen molar-refractivity contribution < 1.29 is 9.21 Å². The molecule has 0 atom stereocenters. The van der Waals surface area contributed by atoms with Crippen molar-refractivity contribution in [3.05, 3.63) is 60.1 Å². The van der Waals surface area contributed by atoms with Gasteiger partial charge in [-0.05, 0) is 42.2 Å². The van der Waals surface area contributed by atoms with Crippen molar-refractivity contribution >= 4 is 29.4 Å². The van der Waals surface area contributed by atoms with Gasteiger partial charge >= 0.3 is 0 Å². The molecule has 3 rings (SSSR count). The minimum Gasteiger partial charge on any atom is -0.468 e. The number of piperidine rings is 1. The zero-order valence-electron chi connectivity index (χ0n) is 14.4. The first-order chi connectivity index (χ1) is 12.3. The quantitative estimate of drug-likeness (QED) is 0.670. The van der Waals surface area contributed by atoms with Crippen LogP contribution in [0, 0.1) is 5.92 Å². The zero-order chi connectivity index (χ0) is 17.3. The van der Waals surface area contributed by atoms with Gasteiger partial charge < -0.3 is 9.32 Å². The first-order valence-corrected chi connectivity index (χ1v) is 11.1. The maximum atomic E-state index is 12.4. The van der Waals surface area contributed by atoms with Gasteiger partial charge in [-0.15, -0.1) is 11.8 Å². The molecule has 0 radical (unpaired) electrons. The Balaban J connectivity index is 1.29. The third-order valence-corrected chi connectivity index (χ3v) is 6.67. The van der Waals surface area contributed by atoms with Gasteiger partial charge in [0.1, 0.15) is 5.76 Å². The van der Waals surface area contributed by atoms with Gasteiger partial charge in [0.05, 0.1) is 17.8 Å². The van der Waals surface area contributed by atoms with Gasteiger partial charge in [0.2, 0.25) is 5.91 Å². The van der Waals surface area contributed by atoms with E-state index >= 15 is 0 Å². The Hall–Kier alpha value is -1.33. The van der Waals surface area contributed by atoms with Gasteiger partial charge in [0, 0.05) is 18.8 Å². The summed E-state index contributed by atoms with van der Waals surface area (Å²) in [7, 11) is 0. The lowest BCUT2D eigenvalue weighted by Crippen LogP contribution is -2.39. The van der Waals surface area contributed by atoms with Gasteiger partial charge in [-0.2, -0.15) is 11.8 Å². The monoisotopic (exact) mass is 375 g/mol. The van der Waals surface area contributed by atoms with Crippen LogP contribution >= 0.6 is 23.5 Å². The van der Waals surface area contributed by atoms with Crippen LogP contribution in [0.4, 0.5) is 0 Å². The van der Waals surface area contributed by atoms with Crippen LogP contribution in [0.25, 0.3) is 0 Å². The standard InChI is InChI=1S/C20H25NO2S2/c22-20(16-25-13-17-5-2-1-3-6-17)21-10-8-18(9-11-21)14-24-15-19-7-4-12-23-19/h1-7,12,18H,8-11,13-16H2. The lowest BCUT2D eigenvalue weighted by Gasteiger charge is -2.31. The fourth-order valence-corrected chi connectivity index (χ4v) is 5.03. The maximum Gasteiger partial charge on any atom is 0.232 e. The molecule has 0 aliphatic carbocycles. The number of hydrogen-bond acceptors (Lipinski definition) is 4. The number of carbonyl (C=O) groups excluding carboxylic acids is 1. The molecule has 2 aromatic rings. The number of likely N-dealkylation sites (tertiary alicyclic amines) is 1. The van der Waals surface area contributed by atoms with Crippen molar-refractivity contribution in [3.8, 4) is 0 Å². The highest BCUT2D eigenvalue weighted by atomic mass is 32.2. The predicted octanol–water partition coefficient (Wildman–Crippen LogP) is 4.68. The SMILES string of the molecule is O=C(CSCc1ccccc1)N1CCC(CSCc2ccco2)CC1. The van der Waals surface area contributed by atoms with Crippen LogP contribution in [0.1, 0.15) is 24.2 Å². The Labute approximate surface area is 158 Å². The van der Waals surface area contributed by atoms with E-state index in [4.69, 9.17) is 4.42 Å². The second-order valence-corrected chi connectivity index (χ2v) is 8.41. The zero-order valence-corrected chi connectivity index (χ0v) is 16.1. The molecule has 1 fully saturated rings. The third kappa shape index (κ3) is 6.15. The predicted molar refractivity (Wildman–Crippen MR) is 107 cm³/mol. The van der Waals surface area contributed by atoms with Gasteiger partial charge in [-0.3, -0.25) is 4.79 Å². The van der Waals surface area contributed by atoms with E-state index in [1.165, 1.54) is 5.56 Å². The molecule has 1 aliphatic rings. The summed E-state index contributed by atoms with van der Waals surface area (Å²) in [5.41, 5.74) is 1.28. The van der Waals surface area contributed by atoms with Crippen LogP contribution in [0.3, 0.4) is 0 Å². The number of hydrogen-bond donors (Lipinski definition) is 0. The average Bonchev–Trinajstić information content (AvgIpc) is 3.16. The molecular formula is C20H25NO2S2. The van der Waals surface area contributed by atoms with Crippen molar-refractivity contribution in [3.63, 3.8) is 0 Å². The third-order valence-electron chi connectivity index (χ3n) is 4.48.